The summed E-state index contributed by atoms with van der Waals surface area (Å²) in [6.07, 6.45) is 0. The van der Waals surface area contributed by atoms with Crippen LogP contribution in [0.15, 0.2) is 65.6 Å². The number of non-ortho nitro benzene ring substituents is 1. The highest BCUT2D eigenvalue weighted by atomic mass is 32.2. The summed E-state index contributed by atoms with van der Waals surface area (Å²) in [5.41, 5.74) is -0.257. The predicted octanol–water partition coefficient (Wildman–Crippen LogP) is 3.00. The molecule has 2 aromatic carbocycles. The van der Waals surface area contributed by atoms with Crippen LogP contribution in [0.3, 0.4) is 0 Å². The number of nitro groups is 1. The van der Waals surface area contributed by atoms with Crippen molar-refractivity contribution in [1.29, 1.82) is 0 Å². The molecule has 4 rings (SSSR count). The van der Waals surface area contributed by atoms with Crippen LogP contribution in [0.25, 0.3) is 0 Å². The first-order chi connectivity index (χ1) is 15.3. The van der Waals surface area contributed by atoms with Gasteiger partial charge in [0.15, 0.2) is 0 Å². The number of para-hydroxylation sites is 1. The second-order valence-corrected chi connectivity index (χ2v) is 9.11. The predicted molar refractivity (Wildman–Crippen MR) is 117 cm³/mol. The zero-order valence-electron chi connectivity index (χ0n) is 17.3. The highest BCUT2D eigenvalue weighted by molar-refractivity contribution is 7.89. The SMILES string of the molecule is Cc1nc(Oc2ccccc2)cc(N2CCN(S(=O)(=O)c3cccc([N+](=O)[O-])c3)CC2)n1. The lowest BCUT2D eigenvalue weighted by atomic mass is 10.3. The summed E-state index contributed by atoms with van der Waals surface area (Å²) in [5, 5.41) is 11.0. The molecular weight excluding hydrogens is 434 g/mol. The number of anilines is 1. The van der Waals surface area contributed by atoms with E-state index >= 15 is 0 Å². The average molecular weight is 455 g/mol. The van der Waals surface area contributed by atoms with Gasteiger partial charge in [0.05, 0.1) is 9.82 Å². The van der Waals surface area contributed by atoms with Crippen molar-refractivity contribution in [2.45, 2.75) is 11.8 Å². The number of piperazine rings is 1. The van der Waals surface area contributed by atoms with Crippen LogP contribution in [-0.4, -0.2) is 53.8 Å². The molecule has 32 heavy (non-hydrogen) atoms. The van der Waals surface area contributed by atoms with E-state index in [2.05, 4.69) is 9.97 Å². The summed E-state index contributed by atoms with van der Waals surface area (Å²) in [6.45, 7) is 3.04. The number of aryl methyl sites for hydroxylation is 1. The number of rotatable bonds is 6. The Hall–Kier alpha value is -3.57. The Morgan fingerprint density at radius 2 is 1.69 bits per heavy atom. The lowest BCUT2D eigenvalue weighted by Gasteiger charge is -2.34. The van der Waals surface area contributed by atoms with Gasteiger partial charge in [-0.2, -0.15) is 9.29 Å². The third kappa shape index (κ3) is 4.68. The van der Waals surface area contributed by atoms with Crippen LogP contribution >= 0.6 is 0 Å². The summed E-state index contributed by atoms with van der Waals surface area (Å²) in [5.74, 6) is 2.26. The van der Waals surface area contributed by atoms with Crippen molar-refractivity contribution in [2.75, 3.05) is 31.1 Å². The molecule has 0 radical (unpaired) electrons. The van der Waals surface area contributed by atoms with Crippen molar-refractivity contribution in [2.24, 2.45) is 0 Å². The van der Waals surface area contributed by atoms with Crippen molar-refractivity contribution >= 4 is 21.5 Å². The quantitative estimate of drug-likeness (QED) is 0.411. The number of nitrogens with zero attached hydrogens (tertiary/aromatic N) is 5. The van der Waals surface area contributed by atoms with Gasteiger partial charge in [0.1, 0.15) is 17.4 Å². The first-order valence-corrected chi connectivity index (χ1v) is 11.3. The van der Waals surface area contributed by atoms with Crippen molar-refractivity contribution in [1.82, 2.24) is 14.3 Å². The standard InChI is InChI=1S/C21H21N5O5S/c1-16-22-20(15-21(23-16)31-18-7-3-2-4-8-18)24-10-12-25(13-11-24)32(29,30)19-9-5-6-17(14-19)26(27)28/h2-9,14-15H,10-13H2,1H3. The molecule has 1 fully saturated rings. The van der Waals surface area contributed by atoms with E-state index in [-0.39, 0.29) is 23.7 Å². The fraction of sp³-hybridized carbons (Fsp3) is 0.238. The zero-order valence-corrected chi connectivity index (χ0v) is 18.1. The van der Waals surface area contributed by atoms with Gasteiger partial charge in [-0.05, 0) is 25.1 Å². The third-order valence-corrected chi connectivity index (χ3v) is 6.89. The van der Waals surface area contributed by atoms with Crippen LogP contribution in [0.5, 0.6) is 11.6 Å². The fourth-order valence-electron chi connectivity index (χ4n) is 3.41. The topological polar surface area (TPSA) is 119 Å². The highest BCUT2D eigenvalue weighted by Gasteiger charge is 2.30. The number of hydrogen-bond acceptors (Lipinski definition) is 8. The summed E-state index contributed by atoms with van der Waals surface area (Å²) in [7, 11) is -3.84. The molecule has 0 spiro atoms. The second kappa shape index (κ2) is 8.89. The smallest absolute Gasteiger partial charge is 0.270 e. The molecular formula is C21H21N5O5S. The summed E-state index contributed by atoms with van der Waals surface area (Å²) >= 11 is 0. The van der Waals surface area contributed by atoms with E-state index in [4.69, 9.17) is 4.74 Å². The minimum Gasteiger partial charge on any atom is -0.439 e. The molecule has 0 N–H and O–H groups in total. The monoisotopic (exact) mass is 455 g/mol. The van der Waals surface area contributed by atoms with Crippen LogP contribution in [0.2, 0.25) is 0 Å². The molecule has 1 aliphatic rings. The number of aromatic nitrogens is 2. The number of ether oxygens (including phenoxy) is 1. The van der Waals surface area contributed by atoms with Gasteiger partial charge in [-0.3, -0.25) is 10.1 Å². The zero-order chi connectivity index (χ0) is 22.7. The van der Waals surface area contributed by atoms with E-state index in [0.29, 0.717) is 36.4 Å². The van der Waals surface area contributed by atoms with Crippen molar-refractivity contribution in [3.8, 4) is 11.6 Å². The second-order valence-electron chi connectivity index (χ2n) is 7.17. The molecule has 2 heterocycles. The Kier molecular flexibility index (Phi) is 6.01. The number of hydrogen-bond donors (Lipinski definition) is 0. The maximum Gasteiger partial charge on any atom is 0.270 e. The molecule has 11 heteroatoms. The molecule has 166 valence electrons. The fourth-order valence-corrected chi connectivity index (χ4v) is 4.88. The van der Waals surface area contributed by atoms with E-state index in [1.165, 1.54) is 22.5 Å². The normalized spacial score (nSPS) is 14.8. The van der Waals surface area contributed by atoms with Crippen LogP contribution in [0.1, 0.15) is 5.82 Å². The van der Waals surface area contributed by atoms with Gasteiger partial charge in [-0.15, -0.1) is 0 Å². The van der Waals surface area contributed by atoms with Crippen molar-refractivity contribution in [3.05, 3.63) is 76.6 Å². The number of benzene rings is 2. The van der Waals surface area contributed by atoms with Crippen LogP contribution < -0.4 is 9.64 Å². The Labute approximate surface area is 185 Å². The molecule has 0 aliphatic carbocycles. The maximum absolute atomic E-state index is 13.0. The lowest BCUT2D eigenvalue weighted by molar-refractivity contribution is -0.385. The van der Waals surface area contributed by atoms with E-state index in [1.54, 1.807) is 13.0 Å². The Morgan fingerprint density at radius 3 is 2.38 bits per heavy atom. The summed E-state index contributed by atoms with van der Waals surface area (Å²) in [4.78, 5) is 21.1. The minimum absolute atomic E-state index is 0.0865. The molecule has 3 aromatic rings. The first-order valence-electron chi connectivity index (χ1n) is 9.91. The third-order valence-electron chi connectivity index (χ3n) is 5.00. The molecule has 10 nitrogen and oxygen atoms in total. The van der Waals surface area contributed by atoms with Crippen LogP contribution in [0.4, 0.5) is 11.5 Å². The van der Waals surface area contributed by atoms with E-state index in [0.717, 1.165) is 6.07 Å². The summed E-state index contributed by atoms with van der Waals surface area (Å²) < 4.78 is 33.1. The van der Waals surface area contributed by atoms with Gasteiger partial charge in [0, 0.05) is 44.4 Å². The van der Waals surface area contributed by atoms with Crippen molar-refractivity contribution in [3.63, 3.8) is 0 Å². The first kappa shape index (κ1) is 21.7. The molecule has 1 saturated heterocycles. The van der Waals surface area contributed by atoms with Gasteiger partial charge in [0.25, 0.3) is 5.69 Å². The van der Waals surface area contributed by atoms with Crippen molar-refractivity contribution < 1.29 is 18.1 Å². The Morgan fingerprint density at radius 1 is 0.969 bits per heavy atom. The lowest BCUT2D eigenvalue weighted by Crippen LogP contribution is -2.49. The molecule has 1 aromatic heterocycles. The molecule has 0 atom stereocenters. The Balaban J connectivity index is 1.48. The van der Waals surface area contributed by atoms with Crippen LogP contribution in [0, 0.1) is 17.0 Å². The summed E-state index contributed by atoms with van der Waals surface area (Å²) in [6, 6.07) is 16.1. The van der Waals surface area contributed by atoms with Gasteiger partial charge < -0.3 is 9.64 Å². The van der Waals surface area contributed by atoms with E-state index < -0.39 is 14.9 Å². The molecule has 0 amide bonds. The van der Waals surface area contributed by atoms with Gasteiger partial charge >= 0.3 is 0 Å². The largest absolute Gasteiger partial charge is 0.439 e. The average Bonchev–Trinajstić information content (AvgIpc) is 2.79. The van der Waals surface area contributed by atoms with E-state index in [1.807, 2.05) is 35.2 Å². The molecule has 1 aliphatic heterocycles. The molecule has 0 unspecified atom stereocenters. The molecule has 0 saturated carbocycles. The van der Waals surface area contributed by atoms with Crippen LogP contribution in [-0.2, 0) is 10.0 Å². The highest BCUT2D eigenvalue weighted by Crippen LogP contribution is 2.26. The molecule has 0 bridgehead atoms. The minimum atomic E-state index is -3.84. The van der Waals surface area contributed by atoms with Gasteiger partial charge in [0.2, 0.25) is 15.9 Å². The van der Waals surface area contributed by atoms with Gasteiger partial charge in [-0.25, -0.2) is 13.4 Å². The number of nitro benzene ring substituents is 1. The van der Waals surface area contributed by atoms with Gasteiger partial charge in [-0.1, -0.05) is 24.3 Å². The van der Waals surface area contributed by atoms with E-state index in [9.17, 15) is 18.5 Å². The maximum atomic E-state index is 13.0. The number of sulfonamides is 1. The Bertz CT molecular complexity index is 1230.